The van der Waals surface area contributed by atoms with Crippen molar-refractivity contribution in [1.82, 2.24) is 0 Å². The summed E-state index contributed by atoms with van der Waals surface area (Å²) in [5, 5.41) is 0. The molecule has 0 unspecified atom stereocenters. The van der Waals surface area contributed by atoms with E-state index in [1.54, 1.807) is 13.0 Å². The molecule has 0 aromatic rings. The van der Waals surface area contributed by atoms with Gasteiger partial charge < -0.3 is 4.74 Å². The number of carbonyl (C=O) groups excluding carboxylic acids is 1. The summed E-state index contributed by atoms with van der Waals surface area (Å²) in [6.07, 6.45) is 1.72. The van der Waals surface area contributed by atoms with Gasteiger partial charge in [-0.05, 0) is 34.6 Å². The van der Waals surface area contributed by atoms with Crippen molar-refractivity contribution in [2.45, 2.75) is 40.2 Å². The van der Waals surface area contributed by atoms with E-state index in [1.807, 2.05) is 27.7 Å². The van der Waals surface area contributed by atoms with Gasteiger partial charge in [0.2, 0.25) is 0 Å². The fraction of sp³-hybridized carbons (Fsp3) is 0.462. The Morgan fingerprint density at radius 2 is 1.53 bits per heavy atom. The maximum absolute atomic E-state index is 10.8. The van der Waals surface area contributed by atoms with Gasteiger partial charge in [0.25, 0.3) is 0 Å². The van der Waals surface area contributed by atoms with Crippen LogP contribution in [-0.2, 0) is 9.53 Å². The van der Waals surface area contributed by atoms with Gasteiger partial charge in [-0.15, -0.1) is 0 Å². The van der Waals surface area contributed by atoms with Crippen LogP contribution in [0.2, 0.25) is 0 Å². The number of esters is 1. The van der Waals surface area contributed by atoms with Crippen LogP contribution in [0, 0.1) is 0 Å². The molecule has 15 heavy (non-hydrogen) atoms. The molecule has 0 N–H and O–H groups in total. The lowest BCUT2D eigenvalue weighted by molar-refractivity contribution is -0.149. The summed E-state index contributed by atoms with van der Waals surface area (Å²) in [5.74, 6) is -0.326. The molecule has 2 nitrogen and oxygen atoms in total. The zero-order valence-electron chi connectivity index (χ0n) is 10.5. The highest BCUT2D eigenvalue weighted by molar-refractivity contribution is 5.87. The quantitative estimate of drug-likeness (QED) is 0.395. The largest absolute Gasteiger partial charge is 0.457 e. The van der Waals surface area contributed by atoms with Crippen LogP contribution in [0.15, 0.2) is 37.0 Å². The van der Waals surface area contributed by atoms with Gasteiger partial charge in [-0.3, -0.25) is 0 Å². The molecular weight excluding hydrogens is 188 g/mol. The SMILES string of the molecule is C=C(C)C(=O)OC(C)(C)C.C=CC(=C)C. The summed E-state index contributed by atoms with van der Waals surface area (Å²) < 4.78 is 4.96. The van der Waals surface area contributed by atoms with Crippen molar-refractivity contribution in [1.29, 1.82) is 0 Å². The summed E-state index contributed by atoms with van der Waals surface area (Å²) in [5.41, 5.74) is 1.05. The minimum Gasteiger partial charge on any atom is -0.457 e. The second-order valence-electron chi connectivity index (χ2n) is 4.33. The summed E-state index contributed by atoms with van der Waals surface area (Å²) in [7, 11) is 0. The monoisotopic (exact) mass is 210 g/mol. The van der Waals surface area contributed by atoms with Crippen molar-refractivity contribution in [2.24, 2.45) is 0 Å². The molecule has 0 aromatic heterocycles. The van der Waals surface area contributed by atoms with Crippen LogP contribution in [0.1, 0.15) is 34.6 Å². The van der Waals surface area contributed by atoms with E-state index in [4.69, 9.17) is 4.74 Å². The normalized spacial score (nSPS) is 9.40. The minimum absolute atomic E-state index is 0.326. The van der Waals surface area contributed by atoms with Crippen LogP contribution in [0.5, 0.6) is 0 Å². The first-order valence-corrected chi connectivity index (χ1v) is 4.77. The van der Waals surface area contributed by atoms with Crippen LogP contribution in [-0.4, -0.2) is 11.6 Å². The number of allylic oxidation sites excluding steroid dienone is 2. The van der Waals surface area contributed by atoms with Gasteiger partial charge in [0.05, 0.1) is 0 Å². The Balaban J connectivity index is 0. The van der Waals surface area contributed by atoms with Crippen LogP contribution < -0.4 is 0 Å². The fourth-order valence-corrected chi connectivity index (χ4v) is 0.365. The summed E-state index contributed by atoms with van der Waals surface area (Å²) in [6.45, 7) is 19.5. The van der Waals surface area contributed by atoms with E-state index in [9.17, 15) is 4.79 Å². The molecule has 2 heteroatoms. The highest BCUT2D eigenvalue weighted by Crippen LogP contribution is 2.09. The highest BCUT2D eigenvalue weighted by Gasteiger charge is 2.15. The minimum atomic E-state index is -0.407. The number of ether oxygens (including phenoxy) is 1. The zero-order chi connectivity index (χ0) is 12.6. The number of hydrogen-bond acceptors (Lipinski definition) is 2. The van der Waals surface area contributed by atoms with E-state index in [-0.39, 0.29) is 5.97 Å². The molecule has 0 amide bonds. The molecule has 0 bridgehead atoms. The van der Waals surface area contributed by atoms with Crippen LogP contribution in [0.4, 0.5) is 0 Å². The van der Waals surface area contributed by atoms with E-state index in [0.717, 1.165) is 5.57 Å². The molecular formula is C13H22O2. The lowest BCUT2D eigenvalue weighted by Crippen LogP contribution is -2.23. The molecule has 0 aliphatic heterocycles. The van der Waals surface area contributed by atoms with E-state index in [0.29, 0.717) is 5.57 Å². The van der Waals surface area contributed by atoms with Crippen molar-refractivity contribution in [3.8, 4) is 0 Å². The third-order valence-electron chi connectivity index (χ3n) is 1.10. The Kier molecular flexibility index (Phi) is 7.58. The van der Waals surface area contributed by atoms with Crippen LogP contribution >= 0.6 is 0 Å². The number of carbonyl (C=O) groups is 1. The maximum atomic E-state index is 10.8. The lowest BCUT2D eigenvalue weighted by atomic mass is 10.2. The fourth-order valence-electron chi connectivity index (χ4n) is 0.365. The summed E-state index contributed by atoms with van der Waals surface area (Å²) in [4.78, 5) is 10.8. The molecule has 0 spiro atoms. The van der Waals surface area contributed by atoms with Gasteiger partial charge >= 0.3 is 5.97 Å². The molecule has 0 rings (SSSR count). The van der Waals surface area contributed by atoms with Gasteiger partial charge in [0, 0.05) is 5.57 Å². The molecule has 0 saturated carbocycles. The predicted molar refractivity (Wildman–Crippen MR) is 65.7 cm³/mol. The molecule has 0 aliphatic rings. The van der Waals surface area contributed by atoms with Crippen LogP contribution in [0.3, 0.4) is 0 Å². The van der Waals surface area contributed by atoms with Crippen molar-refractivity contribution in [2.75, 3.05) is 0 Å². The van der Waals surface area contributed by atoms with Crippen molar-refractivity contribution in [3.63, 3.8) is 0 Å². The maximum Gasteiger partial charge on any atom is 0.333 e. The first-order chi connectivity index (χ1) is 6.60. The lowest BCUT2D eigenvalue weighted by Gasteiger charge is -2.19. The third-order valence-corrected chi connectivity index (χ3v) is 1.10. The molecule has 0 saturated heterocycles. The Labute approximate surface area is 93.3 Å². The molecule has 86 valence electrons. The van der Waals surface area contributed by atoms with Crippen molar-refractivity contribution < 1.29 is 9.53 Å². The van der Waals surface area contributed by atoms with Gasteiger partial charge in [0.1, 0.15) is 5.60 Å². The van der Waals surface area contributed by atoms with Gasteiger partial charge in [-0.25, -0.2) is 4.79 Å². The summed E-state index contributed by atoms with van der Waals surface area (Å²) >= 11 is 0. The Hall–Kier alpha value is -1.31. The van der Waals surface area contributed by atoms with Gasteiger partial charge in [0.15, 0.2) is 0 Å². The number of hydrogen-bond donors (Lipinski definition) is 0. The van der Waals surface area contributed by atoms with Gasteiger partial charge in [-0.1, -0.05) is 31.4 Å². The molecule has 0 radical (unpaired) electrons. The van der Waals surface area contributed by atoms with Crippen LogP contribution in [0.25, 0.3) is 0 Å². The molecule has 0 heterocycles. The average molecular weight is 210 g/mol. The summed E-state index contributed by atoms with van der Waals surface area (Å²) in [6, 6.07) is 0. The second kappa shape index (κ2) is 7.04. The second-order valence-corrected chi connectivity index (χ2v) is 4.33. The Morgan fingerprint density at radius 3 is 1.60 bits per heavy atom. The molecule has 0 aliphatic carbocycles. The predicted octanol–water partition coefficient (Wildman–Crippen LogP) is 3.65. The molecule has 0 fully saturated rings. The van der Waals surface area contributed by atoms with Gasteiger partial charge in [-0.2, -0.15) is 0 Å². The van der Waals surface area contributed by atoms with E-state index >= 15 is 0 Å². The average Bonchev–Trinajstić information content (AvgIpc) is 2.02. The number of rotatable bonds is 2. The smallest absolute Gasteiger partial charge is 0.333 e. The Morgan fingerprint density at radius 1 is 1.20 bits per heavy atom. The van der Waals surface area contributed by atoms with Crippen molar-refractivity contribution in [3.05, 3.63) is 37.0 Å². The standard InChI is InChI=1S/C8H14O2.C5H8/c1-6(2)7(9)10-8(3,4)5;1-4-5(2)3/h1H2,2-5H3;4H,1-2H2,3H3. The molecule has 0 aromatic carbocycles. The molecule has 0 atom stereocenters. The topological polar surface area (TPSA) is 26.3 Å². The van der Waals surface area contributed by atoms with E-state index < -0.39 is 5.60 Å². The first-order valence-electron chi connectivity index (χ1n) is 4.77. The Bertz CT molecular complexity index is 254. The highest BCUT2D eigenvalue weighted by atomic mass is 16.6. The van der Waals surface area contributed by atoms with E-state index in [1.165, 1.54) is 0 Å². The van der Waals surface area contributed by atoms with E-state index in [2.05, 4.69) is 19.7 Å². The first kappa shape index (κ1) is 16.1. The zero-order valence-corrected chi connectivity index (χ0v) is 10.5. The third kappa shape index (κ3) is 15.4. The van der Waals surface area contributed by atoms with Crippen molar-refractivity contribution >= 4 is 5.97 Å².